The van der Waals surface area contributed by atoms with E-state index < -0.39 is 41.4 Å². The Labute approximate surface area is 294 Å². The molecule has 52 heavy (non-hydrogen) atoms. The number of nitrogens with one attached hydrogen (secondary N) is 4. The molecule has 1 aliphatic carbocycles. The highest BCUT2D eigenvalue weighted by Gasteiger charge is 2.65. The minimum Gasteiger partial charge on any atom is -0.477 e. The predicted octanol–water partition coefficient (Wildman–Crippen LogP) is 4.62. The molecule has 0 radical (unpaired) electrons. The molecule has 3 aromatic carbocycles. The third-order valence-electron chi connectivity index (χ3n) is 9.56. The number of amides is 3. The third kappa shape index (κ3) is 7.37. The van der Waals surface area contributed by atoms with Crippen LogP contribution in [0.5, 0.6) is 0 Å². The number of aromatic amines is 1. The molecule has 0 saturated heterocycles. The maximum Gasteiger partial charge on any atom is 0.411 e. The van der Waals surface area contributed by atoms with Crippen LogP contribution in [0.1, 0.15) is 53.0 Å². The van der Waals surface area contributed by atoms with E-state index in [0.717, 1.165) is 35.1 Å². The fourth-order valence-electron chi connectivity index (χ4n) is 6.39. The number of carboxylic acids is 1. The fraction of sp³-hybridized carbons (Fsp3) is 0.333. The second-order valence-electron chi connectivity index (χ2n) is 13.0. The molecule has 3 amide bonds. The highest BCUT2D eigenvalue weighted by molar-refractivity contribution is 5.99. The van der Waals surface area contributed by atoms with Gasteiger partial charge in [-0.25, -0.2) is 9.78 Å². The van der Waals surface area contributed by atoms with Gasteiger partial charge in [-0.1, -0.05) is 30.3 Å². The maximum atomic E-state index is 14.2. The van der Waals surface area contributed by atoms with Gasteiger partial charge in [-0.3, -0.25) is 19.5 Å². The van der Waals surface area contributed by atoms with E-state index in [4.69, 9.17) is 10.8 Å². The van der Waals surface area contributed by atoms with E-state index in [1.54, 1.807) is 11.2 Å². The zero-order valence-corrected chi connectivity index (χ0v) is 27.6. The average molecular weight is 722 g/mol. The smallest absolute Gasteiger partial charge is 0.411 e. The summed E-state index contributed by atoms with van der Waals surface area (Å²) in [4.78, 5) is 53.1. The number of hydrogen-bond donors (Lipinski definition) is 6. The Kier molecular flexibility index (Phi) is 10.1. The lowest BCUT2D eigenvalue weighted by molar-refractivity contribution is -0.231. The molecule has 1 saturated carbocycles. The Hall–Kier alpha value is -5.64. The summed E-state index contributed by atoms with van der Waals surface area (Å²) in [6.07, 6.45) is 3.11. The van der Waals surface area contributed by atoms with Crippen molar-refractivity contribution in [3.05, 3.63) is 89.2 Å². The van der Waals surface area contributed by atoms with Gasteiger partial charge in [0.2, 0.25) is 17.6 Å². The second kappa shape index (κ2) is 14.5. The molecule has 1 aromatic heterocycles. The van der Waals surface area contributed by atoms with Crippen LogP contribution >= 0.6 is 0 Å². The van der Waals surface area contributed by atoms with Crippen LogP contribution in [-0.4, -0.2) is 62.5 Å². The van der Waals surface area contributed by atoms with Crippen molar-refractivity contribution >= 4 is 29.4 Å². The quantitative estimate of drug-likeness (QED) is 0.114. The van der Waals surface area contributed by atoms with Gasteiger partial charge in [0.15, 0.2) is 5.82 Å². The lowest BCUT2D eigenvalue weighted by atomic mass is 9.81. The van der Waals surface area contributed by atoms with Crippen LogP contribution in [0.15, 0.2) is 66.7 Å². The number of nitrogens with two attached hydrogens (primary N) is 1. The molecule has 272 valence electrons. The summed E-state index contributed by atoms with van der Waals surface area (Å²) in [5.41, 5.74) is 10.4. The number of aliphatic carboxylic acids is 1. The van der Waals surface area contributed by atoms with Gasteiger partial charge >= 0.3 is 17.8 Å². The van der Waals surface area contributed by atoms with Crippen molar-refractivity contribution in [1.29, 1.82) is 0 Å². The van der Waals surface area contributed by atoms with Crippen molar-refractivity contribution in [3.63, 3.8) is 0 Å². The molecule has 1 atom stereocenters. The molecule has 1 unspecified atom stereocenters. The van der Waals surface area contributed by atoms with Crippen LogP contribution in [0.4, 0.5) is 23.2 Å². The van der Waals surface area contributed by atoms with Gasteiger partial charge in [0, 0.05) is 35.7 Å². The molecule has 16 heteroatoms. The highest BCUT2D eigenvalue weighted by Crippen LogP contribution is 2.42. The second-order valence-corrected chi connectivity index (χ2v) is 13.0. The van der Waals surface area contributed by atoms with Crippen molar-refractivity contribution in [3.8, 4) is 22.5 Å². The van der Waals surface area contributed by atoms with E-state index in [2.05, 4.69) is 26.0 Å². The van der Waals surface area contributed by atoms with Gasteiger partial charge in [0.05, 0.1) is 0 Å². The molecule has 1 fully saturated rings. The van der Waals surface area contributed by atoms with Gasteiger partial charge in [-0.15, -0.1) is 0 Å². The number of anilines is 1. The molecular weight excluding hydrogens is 686 g/mol. The minimum absolute atomic E-state index is 0.105. The number of benzene rings is 3. The maximum absolute atomic E-state index is 14.2. The normalized spacial score (nSPS) is 17.9. The van der Waals surface area contributed by atoms with Crippen LogP contribution in [0.3, 0.4) is 0 Å². The Morgan fingerprint density at radius 2 is 1.58 bits per heavy atom. The van der Waals surface area contributed by atoms with Crippen molar-refractivity contribution in [2.75, 3.05) is 11.9 Å². The summed E-state index contributed by atoms with van der Waals surface area (Å²) in [6, 6.07) is 17.7. The van der Waals surface area contributed by atoms with Crippen LogP contribution in [0.2, 0.25) is 0 Å². The summed E-state index contributed by atoms with van der Waals surface area (Å²) in [6.45, 7) is 1.02. The van der Waals surface area contributed by atoms with Gasteiger partial charge in [0.1, 0.15) is 6.04 Å². The number of aromatic nitrogens is 3. The third-order valence-corrected chi connectivity index (χ3v) is 9.56. The molecular formula is C36H35F4N7O5. The van der Waals surface area contributed by atoms with Crippen molar-refractivity contribution in [2.45, 2.75) is 56.5 Å². The van der Waals surface area contributed by atoms with Gasteiger partial charge < -0.3 is 26.8 Å². The van der Waals surface area contributed by atoms with Gasteiger partial charge in [0.25, 0.3) is 5.91 Å². The fourth-order valence-corrected chi connectivity index (χ4v) is 6.39. The van der Waals surface area contributed by atoms with E-state index in [-0.39, 0.29) is 35.4 Å². The highest BCUT2D eigenvalue weighted by atomic mass is 19.3. The predicted molar refractivity (Wildman–Crippen MR) is 180 cm³/mol. The summed E-state index contributed by atoms with van der Waals surface area (Å²) < 4.78 is 55.6. The number of H-pyrrole nitrogens is 1. The first-order valence-electron chi connectivity index (χ1n) is 16.6. The largest absolute Gasteiger partial charge is 0.477 e. The molecule has 2 heterocycles. The summed E-state index contributed by atoms with van der Waals surface area (Å²) in [7, 11) is 0. The molecule has 0 bridgehead atoms. The van der Waals surface area contributed by atoms with Crippen molar-refractivity contribution < 1.29 is 41.8 Å². The number of rotatable bonds is 12. The van der Waals surface area contributed by atoms with E-state index in [1.807, 2.05) is 36.4 Å². The number of nitrogens with zero attached hydrogens (tertiary/aromatic N) is 2. The number of fused-ring (bicyclic) bond motifs is 1. The monoisotopic (exact) mass is 721 g/mol. The average Bonchev–Trinajstić information content (AvgIpc) is 3.79. The molecule has 6 rings (SSSR count). The number of hydrogen-bond acceptors (Lipinski definition) is 7. The Morgan fingerprint density at radius 1 is 0.923 bits per heavy atom. The Morgan fingerprint density at radius 3 is 2.23 bits per heavy atom. The lowest BCUT2D eigenvalue weighted by Crippen LogP contribution is -2.48. The van der Waals surface area contributed by atoms with E-state index >= 15 is 0 Å². The first-order valence-corrected chi connectivity index (χ1v) is 16.6. The van der Waals surface area contributed by atoms with Crippen molar-refractivity contribution in [1.82, 2.24) is 25.8 Å². The summed E-state index contributed by atoms with van der Waals surface area (Å²) in [5, 5.41) is 22.2. The number of carbonyl (C=O) groups excluding carboxylic acids is 3. The first-order chi connectivity index (χ1) is 24.8. The van der Waals surface area contributed by atoms with Gasteiger partial charge in [-0.05, 0) is 96.8 Å². The number of halogens is 4. The minimum atomic E-state index is -5.43. The summed E-state index contributed by atoms with van der Waals surface area (Å²) in [5.74, 6) is -16.4. The van der Waals surface area contributed by atoms with E-state index in [9.17, 15) is 36.7 Å². The lowest BCUT2D eigenvalue weighted by Gasteiger charge is -2.28. The van der Waals surface area contributed by atoms with E-state index in [0.29, 0.717) is 37.4 Å². The van der Waals surface area contributed by atoms with E-state index in [1.165, 1.54) is 24.3 Å². The molecule has 2 aliphatic rings. The molecule has 7 N–H and O–H groups in total. The Bertz CT molecular complexity index is 1980. The zero-order chi connectivity index (χ0) is 37.2. The zero-order valence-electron chi connectivity index (χ0n) is 27.6. The molecule has 12 nitrogen and oxygen atoms in total. The standard InChI is InChI=1S/C36H35F4N7O5/c37-35(38,36(39,40)34(51)52)33-45-29(46-47-33)22-9-12-26(13-10-22)43-32(50)28(44-30(48)23-7-3-20(17-41)4-8-23)15-19-1-5-21(6-2-19)24-11-14-27-25(16-24)18-42-31(27)49/h1-2,5-6,9-14,16,20,23,28H,3-4,7-8,15,17-18,41H2,(H,42,49)(H,43,50)(H,44,48)(H,51,52)(H,45,46,47). The Balaban J connectivity index is 1.17. The van der Waals surface area contributed by atoms with Crippen LogP contribution in [0, 0.1) is 11.8 Å². The number of carbonyl (C=O) groups is 4. The van der Waals surface area contributed by atoms with Crippen molar-refractivity contribution in [2.24, 2.45) is 17.6 Å². The van der Waals surface area contributed by atoms with Gasteiger partial charge in [-0.2, -0.15) is 22.7 Å². The molecule has 1 aliphatic heterocycles. The SMILES string of the molecule is NCC1CCC(C(=O)NC(Cc2ccc(-c3ccc4c(c3)CNC4=O)cc2)C(=O)Nc2ccc(-c3n[nH]c(C(F)(F)C(F)(F)C(=O)O)n3)cc2)CC1. The number of carboxylic acid groups (broad SMARTS) is 1. The molecule has 4 aromatic rings. The summed E-state index contributed by atoms with van der Waals surface area (Å²) >= 11 is 0. The topological polar surface area (TPSA) is 192 Å². The van der Waals surface area contributed by atoms with Crippen LogP contribution in [0.25, 0.3) is 22.5 Å². The first kappa shape index (κ1) is 36.2. The number of alkyl halides is 4. The van der Waals surface area contributed by atoms with Crippen LogP contribution in [-0.2, 0) is 33.3 Å². The molecule has 0 spiro atoms. The van der Waals surface area contributed by atoms with Crippen LogP contribution < -0.4 is 21.7 Å².